The fourth-order valence-electron chi connectivity index (χ4n) is 5.95. The minimum atomic E-state index is -5.71. The smallest absolute Gasteiger partial charge is 0.449 e. The lowest BCUT2D eigenvalue weighted by Gasteiger charge is -2.44. The topological polar surface area (TPSA) is 55.8 Å². The van der Waals surface area contributed by atoms with Crippen LogP contribution in [0.15, 0.2) is 0 Å². The van der Waals surface area contributed by atoms with Crippen molar-refractivity contribution in [1.29, 1.82) is 0 Å². The Hall–Kier alpha value is -0.960. The molecular weight excluding hydrogens is 375 g/mol. The molecule has 2 bridgehead atoms. The summed E-state index contributed by atoms with van der Waals surface area (Å²) in [4.78, 5) is 12.6. The third-order valence-electron chi connectivity index (χ3n) is 7.17. The van der Waals surface area contributed by atoms with Crippen molar-refractivity contribution in [3.05, 3.63) is 0 Å². The molecule has 3 saturated carbocycles. The van der Waals surface area contributed by atoms with E-state index in [0.29, 0.717) is 24.2 Å². The van der Waals surface area contributed by atoms with Crippen LogP contribution >= 0.6 is 0 Å². The van der Waals surface area contributed by atoms with Gasteiger partial charge in [-0.3, -0.25) is 4.79 Å². The van der Waals surface area contributed by atoms with Gasteiger partial charge < -0.3 is 14.6 Å². The molecule has 0 spiro atoms. The summed E-state index contributed by atoms with van der Waals surface area (Å²) in [7, 11) is 0. The van der Waals surface area contributed by atoms with Crippen molar-refractivity contribution < 1.29 is 41.3 Å². The average Bonchev–Trinajstić information content (AvgIpc) is 3.18. The summed E-state index contributed by atoms with van der Waals surface area (Å²) in [5.41, 5.74) is 0. The quantitative estimate of drug-likeness (QED) is 0.570. The van der Waals surface area contributed by atoms with E-state index in [9.17, 15) is 31.9 Å². The Morgan fingerprint density at radius 2 is 1.70 bits per heavy atom. The molecule has 3 aliphatic carbocycles. The van der Waals surface area contributed by atoms with Gasteiger partial charge in [-0.25, -0.2) is 0 Å². The fourth-order valence-corrected chi connectivity index (χ4v) is 5.95. The minimum Gasteiger partial charge on any atom is -0.455 e. The van der Waals surface area contributed by atoms with Gasteiger partial charge in [0, 0.05) is 6.42 Å². The maximum Gasteiger partial charge on any atom is 0.449 e. The van der Waals surface area contributed by atoms with Gasteiger partial charge in [0.2, 0.25) is 0 Å². The average molecular weight is 398 g/mol. The normalized spacial score (nSPS) is 46.1. The summed E-state index contributed by atoms with van der Waals surface area (Å²) < 4.78 is 76.4. The summed E-state index contributed by atoms with van der Waals surface area (Å²) in [6.07, 6.45) is -2.83. The van der Waals surface area contributed by atoms with E-state index in [1.54, 1.807) is 0 Å². The molecule has 4 nitrogen and oxygen atoms in total. The molecular formula is C18H23F5O4. The van der Waals surface area contributed by atoms with E-state index < -0.39 is 48.9 Å². The summed E-state index contributed by atoms with van der Waals surface area (Å²) >= 11 is 0. The zero-order chi connectivity index (χ0) is 19.6. The molecule has 27 heavy (non-hydrogen) atoms. The molecule has 9 heteroatoms. The van der Waals surface area contributed by atoms with Crippen LogP contribution in [-0.4, -0.2) is 41.7 Å². The number of esters is 1. The first kappa shape index (κ1) is 19.4. The van der Waals surface area contributed by atoms with Gasteiger partial charge in [0.15, 0.2) is 6.10 Å². The predicted octanol–water partition coefficient (Wildman–Crippen LogP) is 3.67. The van der Waals surface area contributed by atoms with Gasteiger partial charge in [-0.1, -0.05) is 12.8 Å². The second-order valence-corrected chi connectivity index (χ2v) is 8.44. The number of carbonyl (C=O) groups is 1. The highest BCUT2D eigenvalue weighted by molar-refractivity contribution is 5.74. The largest absolute Gasteiger partial charge is 0.455 e. The molecule has 0 radical (unpaired) electrons. The highest BCUT2D eigenvalue weighted by Gasteiger charge is 2.76. The van der Waals surface area contributed by atoms with Crippen LogP contribution in [0.4, 0.5) is 22.0 Å². The third-order valence-corrected chi connectivity index (χ3v) is 7.17. The molecule has 0 aromatic carbocycles. The summed E-state index contributed by atoms with van der Waals surface area (Å²) in [5.74, 6) is -9.40. The molecule has 4 fully saturated rings. The number of aliphatic hydroxyl groups is 1. The van der Waals surface area contributed by atoms with Crippen LogP contribution in [0.2, 0.25) is 0 Å². The van der Waals surface area contributed by atoms with Crippen molar-refractivity contribution in [3.63, 3.8) is 0 Å². The van der Waals surface area contributed by atoms with Crippen LogP contribution in [0.5, 0.6) is 0 Å². The number of hydrogen-bond donors (Lipinski definition) is 1. The molecule has 1 saturated heterocycles. The number of ether oxygens (including phenoxy) is 2. The highest BCUT2D eigenvalue weighted by Crippen LogP contribution is 2.60. The number of rotatable bonds is 2. The molecule has 1 aliphatic heterocycles. The van der Waals surface area contributed by atoms with Crippen LogP contribution in [0.25, 0.3) is 0 Å². The molecule has 1 N–H and O–H groups in total. The Morgan fingerprint density at radius 3 is 2.37 bits per heavy atom. The Bertz CT molecular complexity index is 609. The zero-order valence-corrected chi connectivity index (χ0v) is 14.7. The Labute approximate surface area is 153 Å². The number of halogens is 5. The lowest BCUT2D eigenvalue weighted by molar-refractivity contribution is -0.456. The van der Waals surface area contributed by atoms with Crippen LogP contribution in [0, 0.1) is 29.6 Å². The first-order valence-electron chi connectivity index (χ1n) is 9.57. The summed E-state index contributed by atoms with van der Waals surface area (Å²) in [6, 6.07) is 0. The van der Waals surface area contributed by atoms with E-state index in [2.05, 4.69) is 4.74 Å². The molecule has 0 aromatic heterocycles. The van der Waals surface area contributed by atoms with Gasteiger partial charge in [-0.15, -0.1) is 0 Å². The highest BCUT2D eigenvalue weighted by atomic mass is 19.4. The third kappa shape index (κ3) is 2.79. The first-order chi connectivity index (χ1) is 12.6. The van der Waals surface area contributed by atoms with Crippen LogP contribution in [0.3, 0.4) is 0 Å². The molecule has 154 valence electrons. The maximum absolute atomic E-state index is 14.3. The number of alkyl halides is 5. The lowest BCUT2D eigenvalue weighted by atomic mass is 9.67. The van der Waals surface area contributed by atoms with Crippen LogP contribution in [-0.2, 0) is 14.3 Å². The molecule has 4 aliphatic rings. The van der Waals surface area contributed by atoms with Crippen LogP contribution in [0.1, 0.15) is 44.9 Å². The number of fused-ring (bicyclic) bond motifs is 5. The van der Waals surface area contributed by atoms with Gasteiger partial charge in [0.25, 0.3) is 0 Å². The maximum atomic E-state index is 14.3. The van der Waals surface area contributed by atoms with Crippen molar-refractivity contribution in [2.75, 3.05) is 6.61 Å². The molecule has 0 amide bonds. The number of carbonyl (C=O) groups excluding carboxylic acids is 1. The van der Waals surface area contributed by atoms with E-state index >= 15 is 0 Å². The lowest BCUT2D eigenvalue weighted by Crippen LogP contribution is -2.68. The van der Waals surface area contributed by atoms with Gasteiger partial charge in [-0.2, -0.15) is 22.0 Å². The van der Waals surface area contributed by atoms with Crippen LogP contribution < -0.4 is 0 Å². The zero-order valence-electron chi connectivity index (χ0n) is 14.7. The van der Waals surface area contributed by atoms with Gasteiger partial charge >= 0.3 is 23.9 Å². The predicted molar refractivity (Wildman–Crippen MR) is 81.6 cm³/mol. The molecule has 7 unspecified atom stereocenters. The standard InChI is InChI=1S/C18H23F5O4/c19-16(20)14(5-6-26-17(16,25)18(21,22)23)27-15(24)13-8-9-7-12(13)11-4-2-1-3-10(9)11/h9-14,25H,1-8H2. The Balaban J connectivity index is 1.47. The van der Waals surface area contributed by atoms with E-state index in [4.69, 9.17) is 4.74 Å². The van der Waals surface area contributed by atoms with Gasteiger partial charge in [0.1, 0.15) is 0 Å². The molecule has 7 atom stereocenters. The van der Waals surface area contributed by atoms with Crippen molar-refractivity contribution >= 4 is 5.97 Å². The van der Waals surface area contributed by atoms with E-state index in [1.807, 2.05) is 0 Å². The second kappa shape index (κ2) is 6.27. The Kier molecular flexibility index (Phi) is 4.50. The fraction of sp³-hybridized carbons (Fsp3) is 0.944. The van der Waals surface area contributed by atoms with Crippen molar-refractivity contribution in [1.82, 2.24) is 0 Å². The SMILES string of the molecule is O=C(OC1CCOC(O)(C(F)(F)F)C1(F)F)C1CC2CC1C1CCCCC21. The molecule has 0 aromatic rings. The summed E-state index contributed by atoms with van der Waals surface area (Å²) in [6.45, 7) is -0.773. The van der Waals surface area contributed by atoms with Gasteiger partial charge in [0.05, 0.1) is 12.5 Å². The van der Waals surface area contributed by atoms with Crippen molar-refractivity contribution in [3.8, 4) is 0 Å². The monoisotopic (exact) mass is 398 g/mol. The summed E-state index contributed by atoms with van der Waals surface area (Å²) in [5, 5.41) is 9.46. The Morgan fingerprint density at radius 1 is 1.04 bits per heavy atom. The van der Waals surface area contributed by atoms with E-state index in [0.717, 1.165) is 25.7 Å². The van der Waals surface area contributed by atoms with E-state index in [-0.39, 0.29) is 5.92 Å². The molecule has 1 heterocycles. The minimum absolute atomic E-state index is 0.0720. The first-order valence-corrected chi connectivity index (χ1v) is 9.57. The number of hydrogen-bond acceptors (Lipinski definition) is 4. The molecule has 4 rings (SSSR count). The van der Waals surface area contributed by atoms with Crippen molar-refractivity contribution in [2.45, 2.75) is 68.9 Å². The second-order valence-electron chi connectivity index (χ2n) is 8.44. The van der Waals surface area contributed by atoms with Gasteiger partial charge in [-0.05, 0) is 49.4 Å². The van der Waals surface area contributed by atoms with Crippen molar-refractivity contribution in [2.24, 2.45) is 29.6 Å². The van der Waals surface area contributed by atoms with E-state index in [1.165, 1.54) is 6.42 Å².